The van der Waals surface area contributed by atoms with E-state index in [1.165, 1.54) is 36.1 Å². The van der Waals surface area contributed by atoms with Gasteiger partial charge in [-0.1, -0.05) is 23.7 Å². The first kappa shape index (κ1) is 21.3. The largest absolute Gasteiger partial charge is 0.326 e. The summed E-state index contributed by atoms with van der Waals surface area (Å²) >= 11 is 8.56. The second kappa shape index (κ2) is 9.87. The summed E-state index contributed by atoms with van der Waals surface area (Å²) < 4.78 is 14.3. The van der Waals surface area contributed by atoms with Crippen molar-refractivity contribution in [3.05, 3.63) is 64.2 Å². The lowest BCUT2D eigenvalue weighted by atomic mass is 10.1. The minimum absolute atomic E-state index is 0.175. The second-order valence-corrected chi connectivity index (χ2v) is 8.36. The molecule has 2 N–H and O–H groups in total. The van der Waals surface area contributed by atoms with Crippen molar-refractivity contribution in [1.82, 2.24) is 4.98 Å². The molecule has 5 nitrogen and oxygen atoms in total. The predicted molar refractivity (Wildman–Crippen MR) is 118 cm³/mol. The Labute approximate surface area is 180 Å². The average Bonchev–Trinajstić information content (AvgIpc) is 3.11. The molecule has 0 aliphatic rings. The lowest BCUT2D eigenvalue weighted by molar-refractivity contribution is -0.114. The Kier molecular flexibility index (Phi) is 7.24. The molecule has 3 aromatic rings. The third-order valence-corrected chi connectivity index (χ3v) is 5.74. The number of anilines is 2. The average molecular weight is 450 g/mol. The molecule has 1 heterocycles. The van der Waals surface area contributed by atoms with E-state index in [-0.39, 0.29) is 17.6 Å². The van der Waals surface area contributed by atoms with E-state index < -0.39 is 5.82 Å². The highest BCUT2D eigenvalue weighted by Crippen LogP contribution is 2.29. The number of carbonyl (C=O) groups is 2. The summed E-state index contributed by atoms with van der Waals surface area (Å²) in [6.07, 6.45) is 0. The molecular weight excluding hydrogens is 433 g/mol. The van der Waals surface area contributed by atoms with E-state index in [4.69, 9.17) is 11.6 Å². The molecule has 0 spiro atoms. The SMILES string of the molecule is CC(=O)Nc1ccc(-c2csc(NC(=O)CSCc3ccc(Cl)cc3)n2)c(F)c1. The number of nitrogens with one attached hydrogen (secondary N) is 2. The number of carbonyl (C=O) groups excluding carboxylic acids is 2. The van der Waals surface area contributed by atoms with Crippen LogP contribution >= 0.6 is 34.7 Å². The zero-order valence-corrected chi connectivity index (χ0v) is 17.8. The van der Waals surface area contributed by atoms with Crippen LogP contribution in [0.25, 0.3) is 11.3 Å². The monoisotopic (exact) mass is 449 g/mol. The number of hydrogen-bond donors (Lipinski definition) is 2. The zero-order valence-electron chi connectivity index (χ0n) is 15.4. The molecule has 0 saturated carbocycles. The number of rotatable bonds is 7. The second-order valence-electron chi connectivity index (χ2n) is 6.08. The summed E-state index contributed by atoms with van der Waals surface area (Å²) in [5.41, 5.74) is 2.18. The van der Waals surface area contributed by atoms with E-state index in [0.717, 1.165) is 5.56 Å². The normalized spacial score (nSPS) is 10.6. The van der Waals surface area contributed by atoms with Gasteiger partial charge in [0.25, 0.3) is 0 Å². The summed E-state index contributed by atoms with van der Waals surface area (Å²) in [6.45, 7) is 1.36. The maximum atomic E-state index is 14.3. The van der Waals surface area contributed by atoms with E-state index in [2.05, 4.69) is 15.6 Å². The molecule has 1 aromatic heterocycles. The molecule has 150 valence electrons. The van der Waals surface area contributed by atoms with Gasteiger partial charge in [-0.15, -0.1) is 23.1 Å². The van der Waals surface area contributed by atoms with Crippen LogP contribution in [0.2, 0.25) is 5.02 Å². The smallest absolute Gasteiger partial charge is 0.236 e. The molecule has 2 amide bonds. The van der Waals surface area contributed by atoms with Crippen molar-refractivity contribution in [2.75, 3.05) is 16.4 Å². The molecule has 9 heteroatoms. The molecule has 0 atom stereocenters. The van der Waals surface area contributed by atoms with Gasteiger partial charge in [0.2, 0.25) is 11.8 Å². The van der Waals surface area contributed by atoms with Gasteiger partial charge >= 0.3 is 0 Å². The van der Waals surface area contributed by atoms with E-state index in [1.54, 1.807) is 17.5 Å². The number of amides is 2. The Morgan fingerprint density at radius 2 is 1.93 bits per heavy atom. The van der Waals surface area contributed by atoms with Crippen LogP contribution in [0.3, 0.4) is 0 Å². The van der Waals surface area contributed by atoms with E-state index in [9.17, 15) is 14.0 Å². The zero-order chi connectivity index (χ0) is 20.8. The Morgan fingerprint density at radius 3 is 2.62 bits per heavy atom. The van der Waals surface area contributed by atoms with Crippen LogP contribution in [-0.4, -0.2) is 22.6 Å². The number of thioether (sulfide) groups is 1. The van der Waals surface area contributed by atoms with Crippen LogP contribution in [-0.2, 0) is 15.3 Å². The van der Waals surface area contributed by atoms with Crippen LogP contribution in [0.4, 0.5) is 15.2 Å². The standard InChI is InChI=1S/C20H17ClFN3O2S2/c1-12(26)23-15-6-7-16(17(22)8-15)18-10-29-20(24-18)25-19(27)11-28-9-13-2-4-14(21)5-3-13/h2-8,10H,9,11H2,1H3,(H,23,26)(H,24,25,27). The molecule has 0 aliphatic heterocycles. The quantitative estimate of drug-likeness (QED) is 0.504. The number of nitrogens with zero attached hydrogens (tertiary/aromatic N) is 1. The van der Waals surface area contributed by atoms with Crippen molar-refractivity contribution in [1.29, 1.82) is 0 Å². The minimum Gasteiger partial charge on any atom is -0.326 e. The number of hydrogen-bond acceptors (Lipinski definition) is 5. The summed E-state index contributed by atoms with van der Waals surface area (Å²) in [7, 11) is 0. The third kappa shape index (κ3) is 6.28. The summed E-state index contributed by atoms with van der Waals surface area (Å²) in [4.78, 5) is 27.5. The van der Waals surface area contributed by atoms with Gasteiger partial charge in [-0.2, -0.15) is 0 Å². The Hall–Kier alpha value is -2.42. The van der Waals surface area contributed by atoms with Gasteiger partial charge in [-0.25, -0.2) is 9.37 Å². The van der Waals surface area contributed by atoms with E-state index in [0.29, 0.717) is 32.9 Å². The third-order valence-electron chi connectivity index (χ3n) is 3.73. The predicted octanol–water partition coefficient (Wildman–Crippen LogP) is 5.43. The van der Waals surface area contributed by atoms with Crippen molar-refractivity contribution in [3.8, 4) is 11.3 Å². The highest BCUT2D eigenvalue weighted by molar-refractivity contribution is 7.99. The van der Waals surface area contributed by atoms with Crippen molar-refractivity contribution in [2.24, 2.45) is 0 Å². The van der Waals surface area contributed by atoms with Gasteiger partial charge < -0.3 is 10.6 Å². The molecule has 0 bridgehead atoms. The number of thiazole rings is 1. The fourth-order valence-corrected chi connectivity index (χ4v) is 4.10. The highest BCUT2D eigenvalue weighted by atomic mass is 35.5. The topological polar surface area (TPSA) is 71.1 Å². The maximum absolute atomic E-state index is 14.3. The summed E-state index contributed by atoms with van der Waals surface area (Å²) in [6, 6.07) is 11.9. The Balaban J connectivity index is 1.55. The van der Waals surface area contributed by atoms with Gasteiger partial charge in [0.1, 0.15) is 5.82 Å². The van der Waals surface area contributed by atoms with Gasteiger partial charge in [0, 0.05) is 34.3 Å². The van der Waals surface area contributed by atoms with Gasteiger partial charge in [-0.3, -0.25) is 9.59 Å². The molecule has 0 fully saturated rings. The maximum Gasteiger partial charge on any atom is 0.236 e. The van der Waals surface area contributed by atoms with Crippen molar-refractivity contribution in [2.45, 2.75) is 12.7 Å². The molecule has 0 aliphatic carbocycles. The summed E-state index contributed by atoms with van der Waals surface area (Å²) in [5, 5.41) is 8.02. The van der Waals surface area contributed by atoms with Gasteiger partial charge in [0.05, 0.1) is 11.4 Å². The van der Waals surface area contributed by atoms with Gasteiger partial charge in [-0.05, 0) is 35.9 Å². The van der Waals surface area contributed by atoms with Crippen molar-refractivity contribution in [3.63, 3.8) is 0 Å². The lowest BCUT2D eigenvalue weighted by Crippen LogP contribution is -2.14. The lowest BCUT2D eigenvalue weighted by Gasteiger charge is -2.05. The Bertz CT molecular complexity index is 1020. The van der Waals surface area contributed by atoms with E-state index in [1.807, 2.05) is 24.3 Å². The molecular formula is C20H17ClFN3O2S2. The summed E-state index contributed by atoms with van der Waals surface area (Å²) in [5.74, 6) is 0.0192. The fourth-order valence-electron chi connectivity index (χ4n) is 2.46. The van der Waals surface area contributed by atoms with Gasteiger partial charge in [0.15, 0.2) is 5.13 Å². The molecule has 0 unspecified atom stereocenters. The first-order valence-electron chi connectivity index (χ1n) is 8.56. The van der Waals surface area contributed by atoms with Crippen LogP contribution in [0.1, 0.15) is 12.5 Å². The number of aromatic nitrogens is 1. The first-order valence-corrected chi connectivity index (χ1v) is 11.0. The number of halogens is 2. The number of benzene rings is 2. The minimum atomic E-state index is -0.502. The molecule has 29 heavy (non-hydrogen) atoms. The van der Waals surface area contributed by atoms with E-state index >= 15 is 0 Å². The van der Waals surface area contributed by atoms with Crippen molar-refractivity contribution < 1.29 is 14.0 Å². The first-order chi connectivity index (χ1) is 13.9. The van der Waals surface area contributed by atoms with Crippen LogP contribution in [0.15, 0.2) is 47.8 Å². The molecule has 2 aromatic carbocycles. The molecule has 3 rings (SSSR count). The van der Waals surface area contributed by atoms with Crippen LogP contribution in [0, 0.1) is 5.82 Å². The van der Waals surface area contributed by atoms with Crippen molar-refractivity contribution >= 4 is 57.3 Å². The molecule has 0 saturated heterocycles. The molecule has 0 radical (unpaired) electrons. The van der Waals surface area contributed by atoms with Crippen LogP contribution < -0.4 is 10.6 Å². The Morgan fingerprint density at radius 1 is 1.17 bits per heavy atom. The van der Waals surface area contributed by atoms with Crippen LogP contribution in [0.5, 0.6) is 0 Å². The fraction of sp³-hybridized carbons (Fsp3) is 0.150. The highest BCUT2D eigenvalue weighted by Gasteiger charge is 2.12.